The van der Waals surface area contributed by atoms with Crippen molar-refractivity contribution in [1.82, 2.24) is 0 Å². The number of anilines is 1. The van der Waals surface area contributed by atoms with Crippen molar-refractivity contribution in [3.05, 3.63) is 64.4 Å². The molecule has 2 rings (SSSR count). The van der Waals surface area contributed by atoms with Gasteiger partial charge in [-0.05, 0) is 36.8 Å². The normalized spacial score (nSPS) is 12.0. The summed E-state index contributed by atoms with van der Waals surface area (Å²) in [6.07, 6.45) is 0.547. The first kappa shape index (κ1) is 14.5. The molecule has 0 saturated carbocycles. The van der Waals surface area contributed by atoms with Crippen molar-refractivity contribution in [2.75, 3.05) is 11.9 Å². The second kappa shape index (κ2) is 6.06. The van der Waals surface area contributed by atoms with Crippen molar-refractivity contribution in [2.24, 2.45) is 0 Å². The minimum atomic E-state index is -0.511. The third kappa shape index (κ3) is 2.83. The quantitative estimate of drug-likeness (QED) is 0.774. The lowest BCUT2D eigenvalue weighted by atomic mass is 10.1. The van der Waals surface area contributed by atoms with Crippen LogP contribution in [0.2, 0.25) is 5.02 Å². The van der Waals surface area contributed by atoms with E-state index in [-0.39, 0.29) is 11.6 Å². The number of carbonyl (C=O) groups excluding carboxylic acids is 1. The number of hydrogen-bond acceptors (Lipinski definition) is 2. The van der Waals surface area contributed by atoms with Gasteiger partial charge in [0.05, 0.1) is 17.3 Å². The molecule has 20 heavy (non-hydrogen) atoms. The first-order chi connectivity index (χ1) is 9.54. The molecule has 4 heteroatoms. The molecule has 0 aliphatic carbocycles. The van der Waals surface area contributed by atoms with Crippen LogP contribution < -0.4 is 4.90 Å². The molecule has 0 saturated heterocycles. The molecule has 0 aliphatic heterocycles. The Hall–Kier alpha value is -1.87. The predicted molar refractivity (Wildman–Crippen MR) is 80.1 cm³/mol. The fourth-order valence-electron chi connectivity index (χ4n) is 2.15. The van der Waals surface area contributed by atoms with Gasteiger partial charge in [0.15, 0.2) is 6.29 Å². The molecule has 2 aromatic carbocycles. The van der Waals surface area contributed by atoms with Crippen LogP contribution in [-0.4, -0.2) is 13.3 Å². The molecule has 0 radical (unpaired) electrons. The van der Waals surface area contributed by atoms with E-state index in [1.54, 1.807) is 18.2 Å². The maximum absolute atomic E-state index is 13.7. The number of rotatable bonds is 4. The third-order valence-electron chi connectivity index (χ3n) is 3.44. The van der Waals surface area contributed by atoms with Gasteiger partial charge in [0, 0.05) is 12.1 Å². The smallest absolute Gasteiger partial charge is 0.155 e. The first-order valence-corrected chi connectivity index (χ1v) is 6.64. The van der Waals surface area contributed by atoms with E-state index < -0.39 is 5.82 Å². The van der Waals surface area contributed by atoms with Crippen molar-refractivity contribution in [1.29, 1.82) is 0 Å². The molecule has 0 aliphatic rings. The highest BCUT2D eigenvalue weighted by Gasteiger charge is 2.17. The topological polar surface area (TPSA) is 20.3 Å². The summed E-state index contributed by atoms with van der Waals surface area (Å²) in [6, 6.07) is 12.1. The third-order valence-corrected chi connectivity index (χ3v) is 3.67. The van der Waals surface area contributed by atoms with Crippen LogP contribution in [0.15, 0.2) is 42.5 Å². The number of nitrogens with zero attached hydrogens (tertiary/aromatic N) is 1. The zero-order valence-electron chi connectivity index (χ0n) is 11.3. The second-order valence-electron chi connectivity index (χ2n) is 4.63. The van der Waals surface area contributed by atoms with Gasteiger partial charge < -0.3 is 4.90 Å². The lowest BCUT2D eigenvalue weighted by molar-refractivity contribution is 0.112. The Balaban J connectivity index is 2.38. The molecule has 0 aromatic heterocycles. The molecule has 0 spiro atoms. The van der Waals surface area contributed by atoms with Crippen molar-refractivity contribution < 1.29 is 9.18 Å². The van der Waals surface area contributed by atoms with E-state index >= 15 is 0 Å². The summed E-state index contributed by atoms with van der Waals surface area (Å²) in [7, 11) is 1.83. The monoisotopic (exact) mass is 291 g/mol. The molecule has 0 fully saturated rings. The Kier molecular flexibility index (Phi) is 4.40. The second-order valence-corrected chi connectivity index (χ2v) is 5.07. The zero-order valence-corrected chi connectivity index (χ0v) is 12.1. The summed E-state index contributed by atoms with van der Waals surface area (Å²) in [4.78, 5) is 12.9. The van der Waals surface area contributed by atoms with Crippen LogP contribution in [0.1, 0.15) is 28.9 Å². The average Bonchev–Trinajstić information content (AvgIpc) is 2.45. The van der Waals surface area contributed by atoms with E-state index in [2.05, 4.69) is 0 Å². The molecular formula is C16H15ClFNO. The summed E-state index contributed by atoms with van der Waals surface area (Å²) < 4.78 is 13.7. The largest absolute Gasteiger partial charge is 0.367 e. The maximum Gasteiger partial charge on any atom is 0.155 e. The standard InChI is InChI=1S/C16H15ClFNO/c1-11(12-5-3-6-13(17)9-12)19(2)16-8-4-7-15(18)14(16)10-20/h3-11H,1-2H3. The van der Waals surface area contributed by atoms with Crippen LogP contribution in [0.3, 0.4) is 0 Å². The van der Waals surface area contributed by atoms with Gasteiger partial charge in [-0.25, -0.2) is 4.39 Å². The minimum Gasteiger partial charge on any atom is -0.367 e. The van der Waals surface area contributed by atoms with Crippen LogP contribution in [0.5, 0.6) is 0 Å². The van der Waals surface area contributed by atoms with Gasteiger partial charge in [-0.1, -0.05) is 29.8 Å². The highest BCUT2D eigenvalue weighted by Crippen LogP contribution is 2.29. The van der Waals surface area contributed by atoms with Crippen molar-refractivity contribution >= 4 is 23.6 Å². The Morgan fingerprint density at radius 2 is 1.95 bits per heavy atom. The first-order valence-electron chi connectivity index (χ1n) is 6.26. The number of hydrogen-bond donors (Lipinski definition) is 0. The van der Waals surface area contributed by atoms with Crippen molar-refractivity contribution in [3.63, 3.8) is 0 Å². The number of halogens is 2. The summed E-state index contributed by atoms with van der Waals surface area (Å²) in [5.41, 5.74) is 1.64. The highest BCUT2D eigenvalue weighted by molar-refractivity contribution is 6.30. The fourth-order valence-corrected chi connectivity index (χ4v) is 2.35. The Bertz CT molecular complexity index is 630. The Morgan fingerprint density at radius 1 is 1.25 bits per heavy atom. The van der Waals surface area contributed by atoms with Crippen molar-refractivity contribution in [2.45, 2.75) is 13.0 Å². The molecule has 0 amide bonds. The van der Waals surface area contributed by atoms with Gasteiger partial charge in [-0.15, -0.1) is 0 Å². The minimum absolute atomic E-state index is 0.0331. The lowest BCUT2D eigenvalue weighted by Crippen LogP contribution is -2.23. The molecule has 104 valence electrons. The van der Waals surface area contributed by atoms with E-state index in [1.165, 1.54) is 6.07 Å². The summed E-state index contributed by atoms with van der Waals surface area (Å²) in [6.45, 7) is 1.98. The molecule has 1 unspecified atom stereocenters. The van der Waals surface area contributed by atoms with E-state index in [1.807, 2.05) is 37.1 Å². The zero-order chi connectivity index (χ0) is 14.7. The van der Waals surface area contributed by atoms with Crippen LogP contribution in [0.25, 0.3) is 0 Å². The van der Waals surface area contributed by atoms with Crippen LogP contribution in [-0.2, 0) is 0 Å². The van der Waals surface area contributed by atoms with Crippen LogP contribution in [0.4, 0.5) is 10.1 Å². The molecule has 2 nitrogen and oxygen atoms in total. The maximum atomic E-state index is 13.7. The molecule has 0 bridgehead atoms. The molecule has 1 atom stereocenters. The van der Waals surface area contributed by atoms with Gasteiger partial charge in [0.25, 0.3) is 0 Å². The van der Waals surface area contributed by atoms with E-state index in [0.29, 0.717) is 17.0 Å². The average molecular weight is 292 g/mol. The van der Waals surface area contributed by atoms with E-state index in [9.17, 15) is 9.18 Å². The van der Waals surface area contributed by atoms with E-state index in [4.69, 9.17) is 11.6 Å². The number of aldehydes is 1. The Labute approximate surface area is 122 Å². The molecular weight excluding hydrogens is 277 g/mol. The van der Waals surface area contributed by atoms with Crippen LogP contribution >= 0.6 is 11.6 Å². The number of carbonyl (C=O) groups is 1. The van der Waals surface area contributed by atoms with Crippen molar-refractivity contribution in [3.8, 4) is 0 Å². The van der Waals surface area contributed by atoms with Gasteiger partial charge in [-0.2, -0.15) is 0 Å². The predicted octanol–water partition coefficient (Wildman–Crippen LogP) is 4.49. The molecule has 0 heterocycles. The Morgan fingerprint density at radius 3 is 2.60 bits per heavy atom. The summed E-state index contributed by atoms with van der Waals surface area (Å²) in [5.74, 6) is -0.511. The van der Waals surface area contributed by atoms with Gasteiger partial charge in [0.1, 0.15) is 5.82 Å². The van der Waals surface area contributed by atoms with Gasteiger partial charge in [-0.3, -0.25) is 4.79 Å². The summed E-state index contributed by atoms with van der Waals surface area (Å²) >= 11 is 5.99. The molecule has 2 aromatic rings. The van der Waals surface area contributed by atoms with Gasteiger partial charge >= 0.3 is 0 Å². The molecule has 0 N–H and O–H groups in total. The summed E-state index contributed by atoms with van der Waals surface area (Å²) in [5, 5.41) is 0.651. The van der Waals surface area contributed by atoms with Gasteiger partial charge in [0.2, 0.25) is 0 Å². The van der Waals surface area contributed by atoms with Crippen LogP contribution in [0, 0.1) is 5.82 Å². The number of benzene rings is 2. The van der Waals surface area contributed by atoms with E-state index in [0.717, 1.165) is 5.56 Å². The highest BCUT2D eigenvalue weighted by atomic mass is 35.5. The SMILES string of the molecule is CC(c1cccc(Cl)c1)N(C)c1cccc(F)c1C=O. The fraction of sp³-hybridized carbons (Fsp3) is 0.188. The lowest BCUT2D eigenvalue weighted by Gasteiger charge is -2.28.